The van der Waals surface area contributed by atoms with Gasteiger partial charge in [0, 0.05) is 11.4 Å². The third kappa shape index (κ3) is 3.50. The Morgan fingerprint density at radius 3 is 2.43 bits per heavy atom. The van der Waals surface area contributed by atoms with Gasteiger partial charge in [-0.2, -0.15) is 0 Å². The van der Waals surface area contributed by atoms with Gasteiger partial charge in [-0.15, -0.1) is 11.3 Å². The van der Waals surface area contributed by atoms with E-state index in [0.717, 1.165) is 21.6 Å². The Kier molecular flexibility index (Phi) is 5.57. The third-order valence-electron chi connectivity index (χ3n) is 4.24. The fourth-order valence-corrected chi connectivity index (χ4v) is 5.21. The minimum Gasteiger partial charge on any atom is -0.494 e. The Morgan fingerprint density at radius 1 is 1.14 bits per heavy atom. The van der Waals surface area contributed by atoms with Crippen molar-refractivity contribution in [1.82, 2.24) is 9.97 Å². The second-order valence-electron chi connectivity index (χ2n) is 6.10. The van der Waals surface area contributed by atoms with Gasteiger partial charge in [0.1, 0.15) is 32.2 Å². The molecule has 2 heterocycles. The summed E-state index contributed by atoms with van der Waals surface area (Å²) >= 11 is 17.9. The summed E-state index contributed by atoms with van der Waals surface area (Å²) < 4.78 is 12.3. The van der Waals surface area contributed by atoms with Crippen LogP contribution in [0, 0.1) is 11.8 Å². The Bertz CT molecular complexity index is 1100. The van der Waals surface area contributed by atoms with Crippen molar-refractivity contribution >= 4 is 66.5 Å². The first-order chi connectivity index (χ1) is 13.5. The van der Waals surface area contributed by atoms with Crippen molar-refractivity contribution in [2.45, 2.75) is 18.9 Å². The van der Waals surface area contributed by atoms with Crippen molar-refractivity contribution in [3.63, 3.8) is 0 Å². The zero-order chi connectivity index (χ0) is 19.8. The van der Waals surface area contributed by atoms with Gasteiger partial charge in [-0.25, -0.2) is 9.97 Å². The molecular formula is C19H14BrCl2N3O2S. The second-order valence-corrected chi connectivity index (χ2v) is 8.53. The van der Waals surface area contributed by atoms with E-state index in [4.69, 9.17) is 32.7 Å². The zero-order valence-corrected chi connectivity index (χ0v) is 18.8. The number of hydrogen-bond acceptors (Lipinski definition) is 6. The lowest BCUT2D eigenvalue weighted by Gasteiger charge is -2.14. The van der Waals surface area contributed by atoms with Crippen molar-refractivity contribution in [3.8, 4) is 23.3 Å². The molecule has 1 saturated carbocycles. The number of anilines is 1. The quantitative estimate of drug-likeness (QED) is 0.464. The van der Waals surface area contributed by atoms with Crippen LogP contribution in [-0.2, 0) is 0 Å². The predicted octanol–water partition coefficient (Wildman–Crippen LogP) is 5.75. The number of nitrogens with zero attached hydrogens (tertiary/aromatic N) is 2. The maximum atomic E-state index is 6.47. The summed E-state index contributed by atoms with van der Waals surface area (Å²) in [6.45, 7) is 0. The van der Waals surface area contributed by atoms with Crippen molar-refractivity contribution in [3.05, 3.63) is 37.4 Å². The summed E-state index contributed by atoms with van der Waals surface area (Å²) in [7, 11) is 3.04. The smallest absolute Gasteiger partial charge is 0.156 e. The van der Waals surface area contributed by atoms with E-state index in [-0.39, 0.29) is 0 Å². The molecule has 1 N–H and O–H groups in total. The number of benzene rings is 1. The molecule has 1 aliphatic rings. The zero-order valence-electron chi connectivity index (χ0n) is 14.9. The summed E-state index contributed by atoms with van der Waals surface area (Å²) in [5, 5.41) is 6.02. The van der Waals surface area contributed by atoms with E-state index in [1.54, 1.807) is 17.7 Å². The SMILES string of the molecule is COc1c(Cl)c(C#Cc2csc3c(NC4CC4)ncnc23)c(Cl)c(OC)c1Br. The average Bonchev–Trinajstić information content (AvgIpc) is 3.40. The van der Waals surface area contributed by atoms with Crippen LogP contribution in [0.25, 0.3) is 10.2 Å². The first-order valence-electron chi connectivity index (χ1n) is 8.34. The van der Waals surface area contributed by atoms with Gasteiger partial charge < -0.3 is 14.8 Å². The highest BCUT2D eigenvalue weighted by Gasteiger charge is 2.23. The normalized spacial score (nSPS) is 13.2. The molecule has 1 aliphatic carbocycles. The molecule has 0 atom stereocenters. The van der Waals surface area contributed by atoms with E-state index in [1.165, 1.54) is 27.1 Å². The van der Waals surface area contributed by atoms with Crippen molar-refractivity contribution in [2.75, 3.05) is 19.5 Å². The largest absolute Gasteiger partial charge is 0.494 e. The maximum Gasteiger partial charge on any atom is 0.156 e. The lowest BCUT2D eigenvalue weighted by atomic mass is 10.1. The highest BCUT2D eigenvalue weighted by molar-refractivity contribution is 9.10. The first kappa shape index (κ1) is 19.6. The maximum absolute atomic E-state index is 6.47. The Morgan fingerprint density at radius 2 is 1.82 bits per heavy atom. The van der Waals surface area contributed by atoms with Gasteiger partial charge in [0.05, 0.1) is 30.0 Å². The molecule has 0 radical (unpaired) electrons. The molecule has 0 bridgehead atoms. The summed E-state index contributed by atoms with van der Waals surface area (Å²) in [5.41, 5.74) is 2.03. The van der Waals surface area contributed by atoms with Crippen molar-refractivity contribution in [1.29, 1.82) is 0 Å². The lowest BCUT2D eigenvalue weighted by molar-refractivity contribution is 0.389. The summed E-state index contributed by atoms with van der Waals surface area (Å²) in [4.78, 5) is 8.76. The molecule has 1 aromatic carbocycles. The monoisotopic (exact) mass is 497 g/mol. The van der Waals surface area contributed by atoms with Crippen LogP contribution in [0.15, 0.2) is 16.2 Å². The van der Waals surface area contributed by atoms with Gasteiger partial charge in [-0.05, 0) is 28.8 Å². The molecule has 1 fully saturated rings. The molecular weight excluding hydrogens is 485 g/mol. The van der Waals surface area contributed by atoms with Crippen molar-refractivity contribution in [2.24, 2.45) is 0 Å². The van der Waals surface area contributed by atoms with Crippen LogP contribution in [-0.4, -0.2) is 30.2 Å². The topological polar surface area (TPSA) is 56.3 Å². The molecule has 0 spiro atoms. The molecule has 0 amide bonds. The summed E-state index contributed by atoms with van der Waals surface area (Å²) in [6.07, 6.45) is 3.90. The molecule has 2 aromatic heterocycles. The fraction of sp³-hybridized carbons (Fsp3) is 0.263. The van der Waals surface area contributed by atoms with E-state index < -0.39 is 0 Å². The Labute approximate surface area is 184 Å². The van der Waals surface area contributed by atoms with Crippen LogP contribution in [0.2, 0.25) is 10.0 Å². The summed E-state index contributed by atoms with van der Waals surface area (Å²) in [6, 6.07) is 0.509. The number of aromatic nitrogens is 2. The number of halogens is 3. The fourth-order valence-electron chi connectivity index (χ4n) is 2.68. The Hall–Kier alpha value is -1.72. The highest BCUT2D eigenvalue weighted by Crippen LogP contribution is 2.47. The molecule has 9 heteroatoms. The van der Waals surface area contributed by atoms with Gasteiger partial charge in [0.25, 0.3) is 0 Å². The van der Waals surface area contributed by atoms with Crippen LogP contribution >= 0.6 is 50.5 Å². The van der Waals surface area contributed by atoms with E-state index in [0.29, 0.717) is 37.6 Å². The van der Waals surface area contributed by atoms with E-state index in [9.17, 15) is 0 Å². The molecule has 0 unspecified atom stereocenters. The van der Waals surface area contributed by atoms with E-state index in [1.807, 2.05) is 5.38 Å². The van der Waals surface area contributed by atoms with Gasteiger partial charge in [-0.3, -0.25) is 0 Å². The molecule has 28 heavy (non-hydrogen) atoms. The van der Waals surface area contributed by atoms with E-state index in [2.05, 4.69) is 43.1 Å². The van der Waals surface area contributed by atoms with Crippen LogP contribution in [0.1, 0.15) is 24.0 Å². The average molecular weight is 499 g/mol. The number of hydrogen-bond donors (Lipinski definition) is 1. The molecule has 144 valence electrons. The molecule has 5 nitrogen and oxygen atoms in total. The second kappa shape index (κ2) is 7.96. The van der Waals surface area contributed by atoms with Crippen LogP contribution in [0.5, 0.6) is 11.5 Å². The van der Waals surface area contributed by atoms with Gasteiger partial charge in [0.2, 0.25) is 0 Å². The number of thiophene rings is 1. The summed E-state index contributed by atoms with van der Waals surface area (Å²) in [5.74, 6) is 7.88. The number of nitrogens with one attached hydrogen (secondary N) is 1. The van der Waals surface area contributed by atoms with Gasteiger partial charge in [0.15, 0.2) is 11.5 Å². The lowest BCUT2D eigenvalue weighted by Crippen LogP contribution is -2.03. The van der Waals surface area contributed by atoms with Crippen LogP contribution in [0.4, 0.5) is 5.82 Å². The predicted molar refractivity (Wildman–Crippen MR) is 117 cm³/mol. The van der Waals surface area contributed by atoms with E-state index >= 15 is 0 Å². The van der Waals surface area contributed by atoms with Crippen molar-refractivity contribution < 1.29 is 9.47 Å². The number of methoxy groups -OCH3 is 2. The molecule has 0 saturated heterocycles. The third-order valence-corrected chi connectivity index (χ3v) is 6.66. The standard InChI is InChI=1S/C19H14BrCl2N3O2S/c1-26-16-12(20)17(27-2)14(22)11(13(16)21)6-3-9-7-28-18-15(9)23-8-24-19(18)25-10-4-5-10/h7-8,10H,4-5H2,1-2H3,(H,23,24,25). The molecule has 3 aromatic rings. The number of fused-ring (bicyclic) bond motifs is 1. The molecule has 0 aliphatic heterocycles. The highest BCUT2D eigenvalue weighted by atomic mass is 79.9. The number of rotatable bonds is 4. The minimum absolute atomic E-state index is 0.318. The van der Waals surface area contributed by atoms with Crippen LogP contribution < -0.4 is 14.8 Å². The minimum atomic E-state index is 0.318. The first-order valence-corrected chi connectivity index (χ1v) is 10.8. The van der Waals surface area contributed by atoms with Gasteiger partial charge >= 0.3 is 0 Å². The van der Waals surface area contributed by atoms with Gasteiger partial charge in [-0.1, -0.05) is 35.0 Å². The molecule has 4 rings (SSSR count). The number of ether oxygens (including phenoxy) is 2. The van der Waals surface area contributed by atoms with Crippen LogP contribution in [0.3, 0.4) is 0 Å². The Balaban J connectivity index is 1.79.